The van der Waals surface area contributed by atoms with Crippen molar-refractivity contribution < 1.29 is 9.59 Å². The standard InChI is InChI=1S/C17H17NO2/c19-15-10-12-11-18(13-6-2-1-3-7-13)16(20)17(12)9-5-4-8-14(15)17/h1-4,6-8,12,14H,5,9-11H2/t12-,14+,17+/m1/s1. The molecular weight excluding hydrogens is 250 g/mol. The largest absolute Gasteiger partial charge is 0.312 e. The Labute approximate surface area is 118 Å². The second kappa shape index (κ2) is 4.05. The van der Waals surface area contributed by atoms with Gasteiger partial charge in [0.2, 0.25) is 5.91 Å². The maximum Gasteiger partial charge on any atom is 0.234 e. The van der Waals surface area contributed by atoms with Crippen molar-refractivity contribution in [2.45, 2.75) is 19.3 Å². The van der Waals surface area contributed by atoms with E-state index in [4.69, 9.17) is 0 Å². The number of carbonyl (C=O) groups is 2. The van der Waals surface area contributed by atoms with Crippen molar-refractivity contribution in [2.75, 3.05) is 11.4 Å². The predicted molar refractivity (Wildman–Crippen MR) is 76.2 cm³/mol. The van der Waals surface area contributed by atoms with Crippen LogP contribution in [0.5, 0.6) is 0 Å². The van der Waals surface area contributed by atoms with Gasteiger partial charge in [-0.25, -0.2) is 0 Å². The van der Waals surface area contributed by atoms with Gasteiger partial charge < -0.3 is 4.90 Å². The van der Waals surface area contributed by atoms with Crippen LogP contribution in [0.15, 0.2) is 42.5 Å². The number of allylic oxidation sites excluding steroid dienone is 2. The summed E-state index contributed by atoms with van der Waals surface area (Å²) in [4.78, 5) is 27.1. The number of para-hydroxylation sites is 1. The summed E-state index contributed by atoms with van der Waals surface area (Å²) in [5, 5.41) is 0. The summed E-state index contributed by atoms with van der Waals surface area (Å²) in [5.41, 5.74) is 0.517. The highest BCUT2D eigenvalue weighted by Crippen LogP contribution is 2.57. The molecule has 2 fully saturated rings. The molecule has 20 heavy (non-hydrogen) atoms. The molecule has 0 unspecified atom stereocenters. The van der Waals surface area contributed by atoms with E-state index in [1.165, 1.54) is 0 Å². The Bertz CT molecular complexity index is 607. The van der Waals surface area contributed by atoms with Crippen molar-refractivity contribution >= 4 is 17.4 Å². The normalized spacial score (nSPS) is 35.3. The minimum atomic E-state index is -0.443. The molecule has 1 spiro atoms. The van der Waals surface area contributed by atoms with Gasteiger partial charge in [0.15, 0.2) is 0 Å². The molecule has 1 saturated heterocycles. The molecule has 3 aliphatic rings. The molecule has 0 aromatic heterocycles. The van der Waals surface area contributed by atoms with Crippen LogP contribution in [0.25, 0.3) is 0 Å². The van der Waals surface area contributed by atoms with E-state index in [1.807, 2.05) is 41.3 Å². The fourth-order valence-corrected chi connectivity index (χ4v) is 4.31. The summed E-state index contributed by atoms with van der Waals surface area (Å²) in [7, 11) is 0. The van der Waals surface area contributed by atoms with Gasteiger partial charge in [-0.3, -0.25) is 9.59 Å². The SMILES string of the molecule is O=C1C[C@@H]2CN(c3ccccc3)C(=O)[C@@]23CCC=C[C@@H]13. The van der Waals surface area contributed by atoms with Gasteiger partial charge in [-0.15, -0.1) is 0 Å². The van der Waals surface area contributed by atoms with Gasteiger partial charge in [0, 0.05) is 18.7 Å². The number of ketones is 1. The lowest BCUT2D eigenvalue weighted by Crippen LogP contribution is -2.41. The van der Waals surface area contributed by atoms with E-state index in [-0.39, 0.29) is 23.5 Å². The first-order valence-electron chi connectivity index (χ1n) is 7.30. The van der Waals surface area contributed by atoms with Crippen LogP contribution >= 0.6 is 0 Å². The molecule has 1 aromatic rings. The van der Waals surface area contributed by atoms with E-state index in [2.05, 4.69) is 6.08 Å². The van der Waals surface area contributed by atoms with Gasteiger partial charge >= 0.3 is 0 Å². The summed E-state index contributed by atoms with van der Waals surface area (Å²) in [6.45, 7) is 0.693. The summed E-state index contributed by atoms with van der Waals surface area (Å²) < 4.78 is 0. The fraction of sp³-hybridized carbons (Fsp3) is 0.412. The number of carbonyl (C=O) groups excluding carboxylic acids is 2. The van der Waals surface area contributed by atoms with E-state index in [0.29, 0.717) is 13.0 Å². The fourth-order valence-electron chi connectivity index (χ4n) is 4.31. The highest BCUT2D eigenvalue weighted by Gasteiger charge is 2.64. The summed E-state index contributed by atoms with van der Waals surface area (Å²) in [6, 6.07) is 9.82. The van der Waals surface area contributed by atoms with Crippen LogP contribution < -0.4 is 4.90 Å². The maximum atomic E-state index is 13.0. The Balaban J connectivity index is 1.77. The summed E-state index contributed by atoms with van der Waals surface area (Å²) in [5.74, 6) is 0.432. The van der Waals surface area contributed by atoms with Crippen LogP contribution in [0.1, 0.15) is 19.3 Å². The van der Waals surface area contributed by atoms with E-state index >= 15 is 0 Å². The Hall–Kier alpha value is -1.90. The molecular formula is C17H17NO2. The molecule has 1 aromatic carbocycles. The zero-order valence-corrected chi connectivity index (χ0v) is 11.3. The molecule has 2 aliphatic carbocycles. The zero-order chi connectivity index (χ0) is 13.7. The van der Waals surface area contributed by atoms with Gasteiger partial charge in [-0.05, 0) is 30.9 Å². The Kier molecular flexibility index (Phi) is 2.40. The van der Waals surface area contributed by atoms with E-state index < -0.39 is 5.41 Å². The lowest BCUT2D eigenvalue weighted by Gasteiger charge is -2.33. The third-order valence-electron chi connectivity index (χ3n) is 5.25. The Morgan fingerprint density at radius 2 is 1.95 bits per heavy atom. The van der Waals surface area contributed by atoms with Crippen molar-refractivity contribution in [1.29, 1.82) is 0 Å². The molecule has 1 amide bonds. The number of benzene rings is 1. The third-order valence-corrected chi connectivity index (χ3v) is 5.25. The second-order valence-corrected chi connectivity index (χ2v) is 6.10. The molecule has 3 heteroatoms. The third kappa shape index (κ3) is 1.35. The van der Waals surface area contributed by atoms with Gasteiger partial charge in [-0.2, -0.15) is 0 Å². The molecule has 1 heterocycles. The average molecular weight is 267 g/mol. The first-order valence-corrected chi connectivity index (χ1v) is 7.30. The quantitative estimate of drug-likeness (QED) is 0.733. The van der Waals surface area contributed by atoms with Gasteiger partial charge in [0.1, 0.15) is 5.78 Å². The van der Waals surface area contributed by atoms with Gasteiger partial charge in [0.05, 0.1) is 11.3 Å². The minimum absolute atomic E-state index is 0.161. The van der Waals surface area contributed by atoms with Crippen LogP contribution in [0.4, 0.5) is 5.69 Å². The van der Waals surface area contributed by atoms with Gasteiger partial charge in [0.25, 0.3) is 0 Å². The lowest BCUT2D eigenvalue weighted by molar-refractivity contribution is -0.132. The minimum Gasteiger partial charge on any atom is -0.312 e. The van der Waals surface area contributed by atoms with E-state index in [0.717, 1.165) is 18.5 Å². The number of anilines is 1. The highest BCUT2D eigenvalue weighted by atomic mass is 16.2. The van der Waals surface area contributed by atoms with Crippen molar-refractivity contribution in [3.8, 4) is 0 Å². The number of hydrogen-bond acceptors (Lipinski definition) is 2. The molecule has 3 nitrogen and oxygen atoms in total. The van der Waals surface area contributed by atoms with Crippen molar-refractivity contribution in [3.63, 3.8) is 0 Å². The second-order valence-electron chi connectivity index (χ2n) is 6.10. The number of Topliss-reactive ketones (excluding diaryl/α,β-unsaturated/α-hetero) is 1. The summed E-state index contributed by atoms with van der Waals surface area (Å²) >= 11 is 0. The lowest BCUT2D eigenvalue weighted by atomic mass is 9.68. The topological polar surface area (TPSA) is 37.4 Å². The van der Waals surface area contributed by atoms with Crippen molar-refractivity contribution in [1.82, 2.24) is 0 Å². The molecule has 0 radical (unpaired) electrons. The average Bonchev–Trinajstić information content (AvgIpc) is 2.92. The molecule has 0 N–H and O–H groups in total. The Morgan fingerprint density at radius 3 is 2.75 bits per heavy atom. The van der Waals surface area contributed by atoms with Crippen LogP contribution in [0.3, 0.4) is 0 Å². The van der Waals surface area contributed by atoms with Crippen molar-refractivity contribution in [3.05, 3.63) is 42.5 Å². The van der Waals surface area contributed by atoms with Crippen LogP contribution in [-0.2, 0) is 9.59 Å². The van der Waals surface area contributed by atoms with Crippen LogP contribution in [0.2, 0.25) is 0 Å². The van der Waals surface area contributed by atoms with E-state index in [9.17, 15) is 9.59 Å². The van der Waals surface area contributed by atoms with Crippen LogP contribution in [-0.4, -0.2) is 18.2 Å². The number of nitrogens with zero attached hydrogens (tertiary/aromatic N) is 1. The van der Waals surface area contributed by atoms with E-state index in [1.54, 1.807) is 0 Å². The number of hydrogen-bond donors (Lipinski definition) is 0. The first kappa shape index (κ1) is 11.9. The summed E-state index contributed by atoms with van der Waals surface area (Å²) in [6.07, 6.45) is 6.35. The molecule has 0 bridgehead atoms. The number of rotatable bonds is 1. The molecule has 1 aliphatic heterocycles. The number of amides is 1. The zero-order valence-electron chi connectivity index (χ0n) is 11.3. The van der Waals surface area contributed by atoms with Crippen molar-refractivity contribution in [2.24, 2.45) is 17.3 Å². The predicted octanol–water partition coefficient (Wildman–Crippen LogP) is 2.57. The smallest absolute Gasteiger partial charge is 0.234 e. The maximum absolute atomic E-state index is 13.0. The highest BCUT2D eigenvalue weighted by molar-refractivity contribution is 6.07. The van der Waals surface area contributed by atoms with Crippen LogP contribution in [0, 0.1) is 17.3 Å². The Morgan fingerprint density at radius 1 is 1.15 bits per heavy atom. The first-order chi connectivity index (χ1) is 9.73. The molecule has 3 atom stereocenters. The molecule has 1 saturated carbocycles. The molecule has 102 valence electrons. The monoisotopic (exact) mass is 267 g/mol. The van der Waals surface area contributed by atoms with Gasteiger partial charge in [-0.1, -0.05) is 30.4 Å². The molecule has 4 rings (SSSR count).